The number of hydrogen-bond donors (Lipinski definition) is 1. The summed E-state index contributed by atoms with van der Waals surface area (Å²) in [4.78, 5) is 11.3. The maximum Gasteiger partial charge on any atom is 0.335 e. The van der Waals surface area contributed by atoms with Crippen LogP contribution in [0.2, 0.25) is 0 Å². The number of ether oxygens (including phenoxy) is 2. The van der Waals surface area contributed by atoms with Gasteiger partial charge in [-0.3, -0.25) is 0 Å². The molecule has 4 heteroatoms. The van der Waals surface area contributed by atoms with Crippen LogP contribution in [0.5, 0.6) is 0 Å². The lowest BCUT2D eigenvalue weighted by Crippen LogP contribution is -2.40. The Balaban J connectivity index is 2.42. The molecule has 2 unspecified atom stereocenters. The Labute approximate surface area is 103 Å². The predicted molar refractivity (Wildman–Crippen MR) is 65.0 cm³/mol. The Bertz CT molecular complexity index is 246. The van der Waals surface area contributed by atoms with Crippen LogP contribution >= 0.6 is 0 Å². The summed E-state index contributed by atoms with van der Waals surface area (Å²) < 4.78 is 11.0. The Hall–Kier alpha value is -0.610. The molecule has 100 valence electrons. The van der Waals surface area contributed by atoms with Crippen LogP contribution in [0.15, 0.2) is 0 Å². The molecule has 2 atom stereocenters. The van der Waals surface area contributed by atoms with Gasteiger partial charge < -0.3 is 14.6 Å². The first-order chi connectivity index (χ1) is 7.94. The van der Waals surface area contributed by atoms with Gasteiger partial charge in [0, 0.05) is 6.61 Å². The second kappa shape index (κ2) is 6.36. The number of carbonyl (C=O) groups is 1. The van der Waals surface area contributed by atoms with Crippen molar-refractivity contribution >= 4 is 5.97 Å². The zero-order chi connectivity index (χ0) is 12.9. The molecule has 0 saturated carbocycles. The summed E-state index contributed by atoms with van der Waals surface area (Å²) in [5, 5.41) is 9.25. The van der Waals surface area contributed by atoms with Gasteiger partial charge in [0.1, 0.15) is 0 Å². The second-order valence-corrected chi connectivity index (χ2v) is 5.41. The van der Waals surface area contributed by atoms with Crippen LogP contribution in [0.25, 0.3) is 0 Å². The van der Waals surface area contributed by atoms with Crippen LogP contribution in [0.1, 0.15) is 46.5 Å². The molecule has 1 fully saturated rings. The molecule has 0 amide bonds. The average molecular weight is 244 g/mol. The number of rotatable bonds is 7. The van der Waals surface area contributed by atoms with E-state index in [1.165, 1.54) is 0 Å². The molecule has 0 radical (unpaired) electrons. The molecule has 0 spiro atoms. The van der Waals surface area contributed by atoms with Crippen LogP contribution in [0.3, 0.4) is 0 Å². The molecule has 1 saturated heterocycles. The van der Waals surface area contributed by atoms with Gasteiger partial charge in [-0.1, -0.05) is 13.8 Å². The molecule has 1 rings (SSSR count). The SMILES string of the molecule is CC(C)CCC(C)(OCC1CCCO1)C(=O)O. The number of aliphatic carboxylic acids is 1. The lowest BCUT2D eigenvalue weighted by atomic mass is 9.95. The van der Waals surface area contributed by atoms with Crippen molar-refractivity contribution in [3.05, 3.63) is 0 Å². The van der Waals surface area contributed by atoms with E-state index in [0.717, 1.165) is 25.9 Å². The van der Waals surface area contributed by atoms with E-state index in [2.05, 4.69) is 13.8 Å². The van der Waals surface area contributed by atoms with Gasteiger partial charge in [-0.25, -0.2) is 4.79 Å². The molecular formula is C13H24O4. The fraction of sp³-hybridized carbons (Fsp3) is 0.923. The zero-order valence-electron chi connectivity index (χ0n) is 11.1. The number of carboxylic acids is 1. The van der Waals surface area contributed by atoms with Crippen LogP contribution in [-0.2, 0) is 14.3 Å². The third-order valence-electron chi connectivity index (χ3n) is 3.26. The molecular weight excluding hydrogens is 220 g/mol. The first kappa shape index (κ1) is 14.5. The van der Waals surface area contributed by atoms with E-state index >= 15 is 0 Å². The van der Waals surface area contributed by atoms with Crippen molar-refractivity contribution in [2.75, 3.05) is 13.2 Å². The molecule has 4 nitrogen and oxygen atoms in total. The maximum absolute atomic E-state index is 11.3. The largest absolute Gasteiger partial charge is 0.479 e. The minimum atomic E-state index is -1.07. The van der Waals surface area contributed by atoms with Crippen LogP contribution in [-0.4, -0.2) is 36.0 Å². The molecule has 0 aromatic carbocycles. The van der Waals surface area contributed by atoms with Gasteiger partial charge in [0.15, 0.2) is 5.60 Å². The Morgan fingerprint density at radius 3 is 2.76 bits per heavy atom. The van der Waals surface area contributed by atoms with E-state index in [1.807, 2.05) is 0 Å². The first-order valence-electron chi connectivity index (χ1n) is 6.43. The molecule has 1 N–H and O–H groups in total. The molecule has 0 aliphatic carbocycles. The Morgan fingerprint density at radius 2 is 2.29 bits per heavy atom. The zero-order valence-corrected chi connectivity index (χ0v) is 11.1. The van der Waals surface area contributed by atoms with Crippen LogP contribution in [0.4, 0.5) is 0 Å². The smallest absolute Gasteiger partial charge is 0.335 e. The van der Waals surface area contributed by atoms with Gasteiger partial charge in [-0.2, -0.15) is 0 Å². The summed E-state index contributed by atoms with van der Waals surface area (Å²) in [6.07, 6.45) is 3.50. The topological polar surface area (TPSA) is 55.8 Å². The highest BCUT2D eigenvalue weighted by molar-refractivity contribution is 5.76. The molecule has 0 bridgehead atoms. The van der Waals surface area contributed by atoms with E-state index in [9.17, 15) is 9.90 Å². The Kier molecular flexibility index (Phi) is 5.40. The lowest BCUT2D eigenvalue weighted by Gasteiger charge is -2.27. The van der Waals surface area contributed by atoms with Gasteiger partial charge in [0.2, 0.25) is 0 Å². The van der Waals surface area contributed by atoms with E-state index in [4.69, 9.17) is 9.47 Å². The highest BCUT2D eigenvalue weighted by atomic mass is 16.6. The van der Waals surface area contributed by atoms with Crippen molar-refractivity contribution in [3.8, 4) is 0 Å². The minimum absolute atomic E-state index is 0.0766. The summed E-state index contributed by atoms with van der Waals surface area (Å²) in [5.41, 5.74) is -1.07. The lowest BCUT2D eigenvalue weighted by molar-refractivity contribution is -0.168. The van der Waals surface area contributed by atoms with E-state index in [-0.39, 0.29) is 6.10 Å². The molecule has 1 aliphatic heterocycles. The minimum Gasteiger partial charge on any atom is -0.479 e. The number of carboxylic acid groups (broad SMARTS) is 1. The van der Waals surface area contributed by atoms with Gasteiger partial charge in [0.25, 0.3) is 0 Å². The highest BCUT2D eigenvalue weighted by Gasteiger charge is 2.35. The third kappa shape index (κ3) is 4.64. The quantitative estimate of drug-likeness (QED) is 0.747. The van der Waals surface area contributed by atoms with E-state index in [0.29, 0.717) is 18.9 Å². The van der Waals surface area contributed by atoms with Crippen molar-refractivity contribution < 1.29 is 19.4 Å². The van der Waals surface area contributed by atoms with Crippen molar-refractivity contribution in [1.82, 2.24) is 0 Å². The first-order valence-corrected chi connectivity index (χ1v) is 6.43. The molecule has 0 aromatic rings. The van der Waals surface area contributed by atoms with Crippen LogP contribution in [0, 0.1) is 5.92 Å². The van der Waals surface area contributed by atoms with Crippen LogP contribution < -0.4 is 0 Å². The summed E-state index contributed by atoms with van der Waals surface area (Å²) in [7, 11) is 0. The second-order valence-electron chi connectivity index (χ2n) is 5.41. The normalized spacial score (nSPS) is 23.9. The van der Waals surface area contributed by atoms with Gasteiger partial charge >= 0.3 is 5.97 Å². The van der Waals surface area contributed by atoms with Gasteiger partial charge in [-0.15, -0.1) is 0 Å². The standard InChI is InChI=1S/C13H24O4/c1-10(2)6-7-13(3,12(14)15)17-9-11-5-4-8-16-11/h10-11H,4-9H2,1-3H3,(H,14,15). The van der Waals surface area contributed by atoms with Crippen molar-refractivity contribution in [2.45, 2.75) is 58.2 Å². The molecule has 17 heavy (non-hydrogen) atoms. The third-order valence-corrected chi connectivity index (χ3v) is 3.26. The summed E-state index contributed by atoms with van der Waals surface area (Å²) in [6, 6.07) is 0. The fourth-order valence-electron chi connectivity index (χ4n) is 1.86. The highest BCUT2D eigenvalue weighted by Crippen LogP contribution is 2.23. The van der Waals surface area contributed by atoms with E-state index in [1.54, 1.807) is 6.92 Å². The molecule has 1 aliphatic rings. The summed E-state index contributed by atoms with van der Waals surface area (Å²) in [5.74, 6) is -0.392. The van der Waals surface area contributed by atoms with Gasteiger partial charge in [-0.05, 0) is 38.5 Å². The van der Waals surface area contributed by atoms with Crippen molar-refractivity contribution in [3.63, 3.8) is 0 Å². The van der Waals surface area contributed by atoms with Crippen molar-refractivity contribution in [2.24, 2.45) is 5.92 Å². The fourth-order valence-corrected chi connectivity index (χ4v) is 1.86. The maximum atomic E-state index is 11.3. The van der Waals surface area contributed by atoms with E-state index < -0.39 is 11.6 Å². The van der Waals surface area contributed by atoms with Crippen molar-refractivity contribution in [1.29, 1.82) is 0 Å². The number of hydrogen-bond acceptors (Lipinski definition) is 3. The average Bonchev–Trinajstić information content (AvgIpc) is 2.76. The van der Waals surface area contributed by atoms with Gasteiger partial charge in [0.05, 0.1) is 12.7 Å². The predicted octanol–water partition coefficient (Wildman–Crippen LogP) is 2.46. The monoisotopic (exact) mass is 244 g/mol. The summed E-state index contributed by atoms with van der Waals surface area (Å²) in [6.45, 7) is 6.99. The Morgan fingerprint density at radius 1 is 1.59 bits per heavy atom. The molecule has 0 aromatic heterocycles. The summed E-state index contributed by atoms with van der Waals surface area (Å²) >= 11 is 0. The molecule has 1 heterocycles.